The molecule has 1 heteroatoms. The summed E-state index contributed by atoms with van der Waals surface area (Å²) in [6.07, 6.45) is 6.20. The average molecular weight is 154 g/mol. The first kappa shape index (κ1) is 8.79. The summed E-state index contributed by atoms with van der Waals surface area (Å²) in [5.74, 6) is 0.424. The number of hydrogen-bond acceptors (Lipinski definition) is 1. The van der Waals surface area contributed by atoms with E-state index in [1.807, 2.05) is 0 Å². The van der Waals surface area contributed by atoms with Gasteiger partial charge in [-0.2, -0.15) is 0 Å². The molecule has 1 N–H and O–H groups in total. The summed E-state index contributed by atoms with van der Waals surface area (Å²) in [6, 6.07) is 0. The number of aliphatic hydroxyl groups excluding tert-OH is 1. The topological polar surface area (TPSA) is 20.2 Å². The molecule has 0 aromatic rings. The summed E-state index contributed by atoms with van der Waals surface area (Å²) in [5.41, 5.74) is 0.185. The van der Waals surface area contributed by atoms with Gasteiger partial charge in [0, 0.05) is 0 Å². The van der Waals surface area contributed by atoms with Crippen LogP contribution >= 0.6 is 0 Å². The first-order chi connectivity index (χ1) is 5.01. The van der Waals surface area contributed by atoms with Gasteiger partial charge in [-0.05, 0) is 24.2 Å². The van der Waals surface area contributed by atoms with Gasteiger partial charge >= 0.3 is 0 Å². The van der Waals surface area contributed by atoms with Crippen LogP contribution in [0.1, 0.15) is 33.6 Å². The van der Waals surface area contributed by atoms with Gasteiger partial charge in [-0.3, -0.25) is 0 Å². The van der Waals surface area contributed by atoms with E-state index in [2.05, 4.69) is 32.9 Å². The van der Waals surface area contributed by atoms with Crippen LogP contribution < -0.4 is 0 Å². The molecule has 0 unspecified atom stereocenters. The van der Waals surface area contributed by atoms with Crippen molar-refractivity contribution in [1.29, 1.82) is 0 Å². The maximum Gasteiger partial charge on any atom is 0.0576 e. The lowest BCUT2D eigenvalue weighted by Crippen LogP contribution is -2.22. The van der Waals surface area contributed by atoms with Crippen molar-refractivity contribution in [2.75, 3.05) is 0 Å². The highest BCUT2D eigenvalue weighted by molar-refractivity contribution is 5.00. The van der Waals surface area contributed by atoms with E-state index < -0.39 is 0 Å². The standard InChI is InChI=1S/C10H18O/c1-8-5-4-6-10(2,3)7-9(8)11/h4,6,8-9,11H,5,7H2,1-3H3/t8-,9+/m1/s1. The third-order valence-corrected chi connectivity index (χ3v) is 2.47. The molecule has 0 saturated carbocycles. The second kappa shape index (κ2) is 2.98. The minimum Gasteiger partial charge on any atom is -0.393 e. The van der Waals surface area contributed by atoms with Crippen LogP contribution in [0.2, 0.25) is 0 Å². The number of allylic oxidation sites excluding steroid dienone is 2. The Kier molecular flexibility index (Phi) is 2.38. The molecule has 2 atom stereocenters. The van der Waals surface area contributed by atoms with Gasteiger partial charge in [0.2, 0.25) is 0 Å². The van der Waals surface area contributed by atoms with Gasteiger partial charge in [0.1, 0.15) is 0 Å². The van der Waals surface area contributed by atoms with E-state index in [0.717, 1.165) is 12.8 Å². The monoisotopic (exact) mass is 154 g/mol. The fourth-order valence-electron chi connectivity index (χ4n) is 1.57. The van der Waals surface area contributed by atoms with Crippen molar-refractivity contribution in [1.82, 2.24) is 0 Å². The fourth-order valence-corrected chi connectivity index (χ4v) is 1.57. The molecule has 0 aromatic carbocycles. The van der Waals surface area contributed by atoms with Crippen molar-refractivity contribution < 1.29 is 5.11 Å². The molecule has 64 valence electrons. The molecule has 0 bridgehead atoms. The summed E-state index contributed by atoms with van der Waals surface area (Å²) in [4.78, 5) is 0. The fraction of sp³-hybridized carbons (Fsp3) is 0.800. The van der Waals surface area contributed by atoms with E-state index in [1.54, 1.807) is 0 Å². The predicted octanol–water partition coefficient (Wildman–Crippen LogP) is 2.36. The van der Waals surface area contributed by atoms with Gasteiger partial charge in [-0.1, -0.05) is 32.9 Å². The quantitative estimate of drug-likeness (QED) is 0.531. The molecule has 1 aliphatic rings. The molecular weight excluding hydrogens is 136 g/mol. The summed E-state index contributed by atoms with van der Waals surface area (Å²) in [5, 5.41) is 9.65. The highest BCUT2D eigenvalue weighted by atomic mass is 16.3. The van der Waals surface area contributed by atoms with Crippen LogP contribution in [-0.4, -0.2) is 11.2 Å². The van der Waals surface area contributed by atoms with E-state index in [9.17, 15) is 5.11 Å². The van der Waals surface area contributed by atoms with E-state index in [1.165, 1.54) is 0 Å². The maximum atomic E-state index is 9.65. The Morgan fingerprint density at radius 1 is 1.45 bits per heavy atom. The molecule has 0 radical (unpaired) electrons. The lowest BCUT2D eigenvalue weighted by molar-refractivity contribution is 0.0864. The lowest BCUT2D eigenvalue weighted by atomic mass is 9.85. The van der Waals surface area contributed by atoms with Gasteiger partial charge in [0.25, 0.3) is 0 Å². The van der Waals surface area contributed by atoms with Crippen LogP contribution in [0.3, 0.4) is 0 Å². The van der Waals surface area contributed by atoms with E-state index in [-0.39, 0.29) is 11.5 Å². The van der Waals surface area contributed by atoms with Crippen molar-refractivity contribution in [2.24, 2.45) is 11.3 Å². The van der Waals surface area contributed by atoms with Crippen LogP contribution in [0.5, 0.6) is 0 Å². The molecule has 0 saturated heterocycles. The summed E-state index contributed by atoms with van der Waals surface area (Å²) in [6.45, 7) is 6.45. The highest BCUT2D eigenvalue weighted by Gasteiger charge is 2.25. The second-order valence-electron chi connectivity index (χ2n) is 4.38. The van der Waals surface area contributed by atoms with Crippen LogP contribution in [0, 0.1) is 11.3 Å². The van der Waals surface area contributed by atoms with Crippen LogP contribution in [-0.2, 0) is 0 Å². The highest BCUT2D eigenvalue weighted by Crippen LogP contribution is 2.31. The lowest BCUT2D eigenvalue weighted by Gasteiger charge is -2.23. The molecule has 0 spiro atoms. The summed E-state index contributed by atoms with van der Waals surface area (Å²) in [7, 11) is 0. The predicted molar refractivity (Wildman–Crippen MR) is 47.3 cm³/mol. The van der Waals surface area contributed by atoms with Crippen molar-refractivity contribution in [2.45, 2.75) is 39.7 Å². The van der Waals surface area contributed by atoms with E-state index in [0.29, 0.717) is 5.92 Å². The molecule has 1 nitrogen and oxygen atoms in total. The zero-order chi connectivity index (χ0) is 8.48. The Hall–Kier alpha value is -0.300. The number of hydrogen-bond donors (Lipinski definition) is 1. The number of aliphatic hydroxyl groups is 1. The molecule has 0 aliphatic heterocycles. The Bertz CT molecular complexity index is 158. The van der Waals surface area contributed by atoms with Gasteiger partial charge in [0.05, 0.1) is 6.10 Å². The molecule has 0 fully saturated rings. The summed E-state index contributed by atoms with van der Waals surface area (Å²) >= 11 is 0. The Morgan fingerprint density at radius 2 is 2.09 bits per heavy atom. The van der Waals surface area contributed by atoms with Gasteiger partial charge in [-0.25, -0.2) is 0 Å². The Balaban J connectivity index is 2.67. The number of rotatable bonds is 0. The molecule has 1 rings (SSSR count). The first-order valence-electron chi connectivity index (χ1n) is 4.37. The van der Waals surface area contributed by atoms with E-state index >= 15 is 0 Å². The molecule has 0 aromatic heterocycles. The summed E-state index contributed by atoms with van der Waals surface area (Å²) < 4.78 is 0. The minimum atomic E-state index is -0.125. The van der Waals surface area contributed by atoms with Gasteiger partial charge in [-0.15, -0.1) is 0 Å². The second-order valence-corrected chi connectivity index (χ2v) is 4.38. The Morgan fingerprint density at radius 3 is 2.73 bits per heavy atom. The zero-order valence-electron chi connectivity index (χ0n) is 7.67. The zero-order valence-corrected chi connectivity index (χ0v) is 7.67. The van der Waals surface area contributed by atoms with Crippen molar-refractivity contribution in [3.8, 4) is 0 Å². The van der Waals surface area contributed by atoms with Crippen LogP contribution in [0.25, 0.3) is 0 Å². The average Bonchev–Trinajstić information content (AvgIpc) is 1.93. The normalized spacial score (nSPS) is 36.7. The van der Waals surface area contributed by atoms with Crippen molar-refractivity contribution in [3.05, 3.63) is 12.2 Å². The van der Waals surface area contributed by atoms with Gasteiger partial charge in [0.15, 0.2) is 0 Å². The maximum absolute atomic E-state index is 9.65. The SMILES string of the molecule is C[C@@H]1CC=CC(C)(C)C[C@@H]1O. The third-order valence-electron chi connectivity index (χ3n) is 2.47. The molecule has 11 heavy (non-hydrogen) atoms. The van der Waals surface area contributed by atoms with E-state index in [4.69, 9.17) is 0 Å². The molecule has 0 heterocycles. The minimum absolute atomic E-state index is 0.125. The molecular formula is C10H18O. The Labute approximate surface area is 69.1 Å². The van der Waals surface area contributed by atoms with Crippen molar-refractivity contribution in [3.63, 3.8) is 0 Å². The smallest absolute Gasteiger partial charge is 0.0576 e. The van der Waals surface area contributed by atoms with Crippen molar-refractivity contribution >= 4 is 0 Å². The largest absolute Gasteiger partial charge is 0.393 e. The van der Waals surface area contributed by atoms with Gasteiger partial charge < -0.3 is 5.11 Å². The molecule has 1 aliphatic carbocycles. The van der Waals surface area contributed by atoms with Crippen LogP contribution in [0.15, 0.2) is 12.2 Å². The van der Waals surface area contributed by atoms with Crippen LogP contribution in [0.4, 0.5) is 0 Å². The first-order valence-corrected chi connectivity index (χ1v) is 4.37. The third kappa shape index (κ3) is 2.33. The molecule has 0 amide bonds.